The number of likely N-dealkylation sites (tertiary alicyclic amines) is 1. The molecule has 1 aromatic carbocycles. The van der Waals surface area contributed by atoms with E-state index in [-0.39, 0.29) is 18.0 Å². The SMILES string of the molecule is O=C(Cn1ncc2ccsc2c1=O)NCCN1CCC(Cc2ccccc2)CC1. The lowest BCUT2D eigenvalue weighted by molar-refractivity contribution is -0.122. The molecular formula is C22H26N4O2S. The Labute approximate surface area is 174 Å². The van der Waals surface area contributed by atoms with Crippen LogP contribution in [0, 0.1) is 5.92 Å². The molecule has 3 aromatic rings. The summed E-state index contributed by atoms with van der Waals surface area (Å²) in [6.07, 6.45) is 5.19. The topological polar surface area (TPSA) is 67.2 Å². The lowest BCUT2D eigenvalue weighted by atomic mass is 9.90. The number of nitrogens with one attached hydrogen (secondary N) is 1. The molecule has 0 saturated carbocycles. The first-order valence-corrected chi connectivity index (χ1v) is 11.0. The Bertz CT molecular complexity index is 1010. The van der Waals surface area contributed by atoms with Crippen molar-refractivity contribution >= 4 is 27.3 Å². The number of hydrogen-bond donors (Lipinski definition) is 1. The van der Waals surface area contributed by atoms with Gasteiger partial charge in [0.05, 0.1) is 6.20 Å². The van der Waals surface area contributed by atoms with E-state index < -0.39 is 0 Å². The zero-order valence-corrected chi connectivity index (χ0v) is 17.2. The number of hydrogen-bond acceptors (Lipinski definition) is 5. The van der Waals surface area contributed by atoms with Gasteiger partial charge in [-0.05, 0) is 55.3 Å². The highest BCUT2D eigenvalue weighted by molar-refractivity contribution is 7.17. The number of benzene rings is 1. The van der Waals surface area contributed by atoms with Gasteiger partial charge in [0, 0.05) is 18.5 Å². The zero-order valence-electron chi connectivity index (χ0n) is 16.4. The summed E-state index contributed by atoms with van der Waals surface area (Å²) in [5, 5.41) is 9.71. The van der Waals surface area contributed by atoms with Crippen LogP contribution in [0.15, 0.2) is 52.8 Å². The van der Waals surface area contributed by atoms with Gasteiger partial charge < -0.3 is 10.2 Å². The van der Waals surface area contributed by atoms with Crippen molar-refractivity contribution in [3.05, 3.63) is 63.9 Å². The monoisotopic (exact) mass is 410 g/mol. The van der Waals surface area contributed by atoms with Gasteiger partial charge in [0.15, 0.2) is 0 Å². The quantitative estimate of drug-likeness (QED) is 0.650. The molecule has 2 aromatic heterocycles. The van der Waals surface area contributed by atoms with Crippen molar-refractivity contribution in [2.45, 2.75) is 25.8 Å². The molecule has 3 heterocycles. The Balaban J connectivity index is 1.18. The van der Waals surface area contributed by atoms with Crippen molar-refractivity contribution in [1.82, 2.24) is 20.0 Å². The third-order valence-electron chi connectivity index (χ3n) is 5.58. The maximum absolute atomic E-state index is 12.3. The first kappa shape index (κ1) is 19.8. The molecule has 1 fully saturated rings. The fraction of sp³-hybridized carbons (Fsp3) is 0.409. The van der Waals surface area contributed by atoms with Crippen LogP contribution in [0.4, 0.5) is 0 Å². The van der Waals surface area contributed by atoms with E-state index in [1.54, 1.807) is 6.20 Å². The van der Waals surface area contributed by atoms with E-state index in [0.717, 1.165) is 37.4 Å². The summed E-state index contributed by atoms with van der Waals surface area (Å²) < 4.78 is 1.88. The van der Waals surface area contributed by atoms with E-state index in [1.807, 2.05) is 11.4 Å². The van der Waals surface area contributed by atoms with Crippen LogP contribution >= 0.6 is 11.3 Å². The fourth-order valence-corrected chi connectivity index (χ4v) is 4.73. The number of carbonyl (C=O) groups excluding carboxylic acids is 1. The molecule has 0 spiro atoms. The van der Waals surface area contributed by atoms with E-state index >= 15 is 0 Å². The number of aromatic nitrogens is 2. The van der Waals surface area contributed by atoms with Gasteiger partial charge in [-0.25, -0.2) is 4.68 Å². The highest BCUT2D eigenvalue weighted by atomic mass is 32.1. The highest BCUT2D eigenvalue weighted by Gasteiger charge is 2.19. The Hall–Kier alpha value is -2.51. The predicted molar refractivity (Wildman–Crippen MR) is 116 cm³/mol. The van der Waals surface area contributed by atoms with Gasteiger partial charge in [0.25, 0.3) is 5.56 Å². The third kappa shape index (κ3) is 5.10. The second kappa shape index (κ2) is 9.33. The molecule has 1 aliphatic heterocycles. The summed E-state index contributed by atoms with van der Waals surface area (Å²) in [6.45, 7) is 3.55. The lowest BCUT2D eigenvalue weighted by Gasteiger charge is -2.32. The number of thiophene rings is 1. The van der Waals surface area contributed by atoms with Gasteiger partial charge in [0.1, 0.15) is 11.2 Å². The van der Waals surface area contributed by atoms with Crippen LogP contribution in [-0.4, -0.2) is 46.8 Å². The van der Waals surface area contributed by atoms with Crippen molar-refractivity contribution < 1.29 is 4.79 Å². The number of carbonyl (C=O) groups is 1. The molecular weight excluding hydrogens is 384 g/mol. The molecule has 1 amide bonds. The Morgan fingerprint density at radius 3 is 2.76 bits per heavy atom. The predicted octanol–water partition coefficient (Wildman–Crippen LogP) is 2.53. The van der Waals surface area contributed by atoms with Crippen LogP contribution in [0.1, 0.15) is 18.4 Å². The molecule has 0 unspecified atom stereocenters. The molecule has 0 atom stereocenters. The minimum Gasteiger partial charge on any atom is -0.353 e. The van der Waals surface area contributed by atoms with Crippen molar-refractivity contribution in [2.75, 3.05) is 26.2 Å². The summed E-state index contributed by atoms with van der Waals surface area (Å²) in [7, 11) is 0. The standard InChI is InChI=1S/C22H26N4O2S/c27-20(16-26-22(28)21-19(15-24-26)8-13-29-21)23-9-12-25-10-6-18(7-11-25)14-17-4-2-1-3-5-17/h1-5,8,13,15,18H,6-7,9-12,14,16H2,(H,23,27). The van der Waals surface area contributed by atoms with Crippen LogP contribution in [0.3, 0.4) is 0 Å². The third-order valence-corrected chi connectivity index (χ3v) is 6.50. The van der Waals surface area contributed by atoms with Gasteiger partial charge in [-0.1, -0.05) is 30.3 Å². The summed E-state index contributed by atoms with van der Waals surface area (Å²) in [5.74, 6) is 0.572. The molecule has 1 N–H and O–H groups in total. The van der Waals surface area contributed by atoms with Crippen LogP contribution in [0.5, 0.6) is 0 Å². The second-order valence-electron chi connectivity index (χ2n) is 7.64. The number of piperidine rings is 1. The molecule has 29 heavy (non-hydrogen) atoms. The molecule has 152 valence electrons. The number of nitrogens with zero attached hydrogens (tertiary/aromatic N) is 3. The molecule has 1 saturated heterocycles. The summed E-state index contributed by atoms with van der Waals surface area (Å²) in [5.41, 5.74) is 1.22. The van der Waals surface area contributed by atoms with Crippen molar-refractivity contribution in [3.8, 4) is 0 Å². The second-order valence-corrected chi connectivity index (χ2v) is 8.55. The normalized spacial score (nSPS) is 15.6. The average molecular weight is 411 g/mol. The van der Waals surface area contributed by atoms with Gasteiger partial charge in [0.2, 0.25) is 5.91 Å². The largest absolute Gasteiger partial charge is 0.353 e. The number of amides is 1. The highest BCUT2D eigenvalue weighted by Crippen LogP contribution is 2.21. The summed E-state index contributed by atoms with van der Waals surface area (Å²) >= 11 is 1.38. The Kier molecular flexibility index (Phi) is 6.36. The minimum atomic E-state index is -0.201. The van der Waals surface area contributed by atoms with Crippen molar-refractivity contribution in [3.63, 3.8) is 0 Å². The van der Waals surface area contributed by atoms with Gasteiger partial charge in [-0.2, -0.15) is 5.10 Å². The first-order chi connectivity index (χ1) is 14.2. The van der Waals surface area contributed by atoms with E-state index in [2.05, 4.69) is 45.6 Å². The fourth-order valence-electron chi connectivity index (χ4n) is 3.92. The van der Waals surface area contributed by atoms with Crippen LogP contribution in [0.2, 0.25) is 0 Å². The molecule has 6 nitrogen and oxygen atoms in total. The smallest absolute Gasteiger partial charge is 0.285 e. The van der Waals surface area contributed by atoms with E-state index in [4.69, 9.17) is 0 Å². The molecule has 0 bridgehead atoms. The molecule has 7 heteroatoms. The van der Waals surface area contributed by atoms with Crippen molar-refractivity contribution in [1.29, 1.82) is 0 Å². The molecule has 4 rings (SSSR count). The maximum Gasteiger partial charge on any atom is 0.285 e. The van der Waals surface area contributed by atoms with E-state index in [1.165, 1.54) is 34.4 Å². The first-order valence-electron chi connectivity index (χ1n) is 10.2. The minimum absolute atomic E-state index is 0.0359. The zero-order chi connectivity index (χ0) is 20.1. The van der Waals surface area contributed by atoms with Crippen LogP contribution < -0.4 is 10.9 Å². The van der Waals surface area contributed by atoms with Crippen molar-refractivity contribution in [2.24, 2.45) is 5.92 Å². The molecule has 0 radical (unpaired) electrons. The Morgan fingerprint density at radius 2 is 1.97 bits per heavy atom. The van der Waals surface area contributed by atoms with Crippen LogP contribution in [0.25, 0.3) is 10.1 Å². The summed E-state index contributed by atoms with van der Waals surface area (Å²) in [6, 6.07) is 12.6. The lowest BCUT2D eigenvalue weighted by Crippen LogP contribution is -2.41. The molecule has 0 aliphatic carbocycles. The van der Waals surface area contributed by atoms with Gasteiger partial charge in [-0.15, -0.1) is 11.3 Å². The van der Waals surface area contributed by atoms with E-state index in [0.29, 0.717) is 11.2 Å². The summed E-state index contributed by atoms with van der Waals surface area (Å²) in [4.78, 5) is 26.9. The van der Waals surface area contributed by atoms with Crippen LogP contribution in [-0.2, 0) is 17.8 Å². The number of fused-ring (bicyclic) bond motifs is 1. The van der Waals surface area contributed by atoms with Gasteiger partial charge in [-0.3, -0.25) is 9.59 Å². The van der Waals surface area contributed by atoms with E-state index in [9.17, 15) is 9.59 Å². The van der Waals surface area contributed by atoms with Gasteiger partial charge >= 0.3 is 0 Å². The number of rotatable bonds is 7. The average Bonchev–Trinajstić information content (AvgIpc) is 3.22. The maximum atomic E-state index is 12.3. The Morgan fingerprint density at radius 1 is 1.17 bits per heavy atom. The molecule has 1 aliphatic rings.